The lowest BCUT2D eigenvalue weighted by atomic mass is 10.3. The molecule has 1 radical (unpaired) electrons. The zero-order valence-corrected chi connectivity index (χ0v) is 14.4. The summed E-state index contributed by atoms with van der Waals surface area (Å²) in [5, 5.41) is 7.00. The van der Waals surface area contributed by atoms with Gasteiger partial charge in [-0.25, -0.2) is 4.98 Å². The van der Waals surface area contributed by atoms with Gasteiger partial charge in [0.15, 0.2) is 11.5 Å². The van der Waals surface area contributed by atoms with Gasteiger partial charge in [-0.2, -0.15) is 5.10 Å². The SMILES string of the molecule is Cn1cc(NC(=O)c2coc(-c3c[c]ncc3)n2)c(N2C[C@@H](N)CC2=O)n1. The number of oxazole rings is 1. The van der Waals surface area contributed by atoms with Gasteiger partial charge in [-0.1, -0.05) is 0 Å². The zero-order chi connectivity index (χ0) is 19.0. The Morgan fingerprint density at radius 2 is 2.33 bits per heavy atom. The van der Waals surface area contributed by atoms with Gasteiger partial charge in [-0.15, -0.1) is 0 Å². The van der Waals surface area contributed by atoms with Crippen LogP contribution in [0.2, 0.25) is 0 Å². The summed E-state index contributed by atoms with van der Waals surface area (Å²) in [5.41, 5.74) is 6.99. The molecule has 1 aliphatic heterocycles. The minimum Gasteiger partial charge on any atom is -0.444 e. The second kappa shape index (κ2) is 6.65. The molecule has 137 valence electrons. The third-order valence-electron chi connectivity index (χ3n) is 4.08. The Hall–Kier alpha value is -3.53. The van der Waals surface area contributed by atoms with E-state index in [1.54, 1.807) is 31.6 Å². The molecule has 1 aliphatic rings. The van der Waals surface area contributed by atoms with Crippen LogP contribution in [0.4, 0.5) is 11.5 Å². The molecule has 3 aromatic heterocycles. The van der Waals surface area contributed by atoms with Crippen LogP contribution in [0.15, 0.2) is 35.2 Å². The molecule has 2 amide bonds. The molecule has 1 fully saturated rings. The molecular weight excluding hydrogens is 350 g/mol. The van der Waals surface area contributed by atoms with Crippen molar-refractivity contribution in [1.29, 1.82) is 0 Å². The van der Waals surface area contributed by atoms with Crippen LogP contribution in [-0.2, 0) is 11.8 Å². The van der Waals surface area contributed by atoms with Gasteiger partial charge in [0.2, 0.25) is 11.8 Å². The third kappa shape index (κ3) is 3.29. The van der Waals surface area contributed by atoms with Gasteiger partial charge in [0.25, 0.3) is 5.91 Å². The Morgan fingerprint density at radius 1 is 1.48 bits per heavy atom. The van der Waals surface area contributed by atoms with E-state index < -0.39 is 5.91 Å². The first-order chi connectivity index (χ1) is 13.0. The van der Waals surface area contributed by atoms with Gasteiger partial charge >= 0.3 is 0 Å². The van der Waals surface area contributed by atoms with Crippen molar-refractivity contribution >= 4 is 23.3 Å². The van der Waals surface area contributed by atoms with Crippen molar-refractivity contribution in [2.45, 2.75) is 12.5 Å². The molecule has 0 saturated carbocycles. The van der Waals surface area contributed by atoms with E-state index in [0.717, 1.165) is 0 Å². The molecular formula is C17H16N7O3. The van der Waals surface area contributed by atoms with Crippen LogP contribution in [-0.4, -0.2) is 44.1 Å². The number of aromatic nitrogens is 4. The summed E-state index contributed by atoms with van der Waals surface area (Å²) in [7, 11) is 1.70. The minimum atomic E-state index is -0.478. The lowest BCUT2D eigenvalue weighted by Crippen LogP contribution is -2.29. The normalized spacial score (nSPS) is 16.7. The van der Waals surface area contributed by atoms with E-state index in [4.69, 9.17) is 10.2 Å². The molecule has 0 unspecified atom stereocenters. The minimum absolute atomic E-state index is 0.0982. The number of nitrogens with zero attached hydrogens (tertiary/aromatic N) is 5. The van der Waals surface area contributed by atoms with Crippen LogP contribution in [0.3, 0.4) is 0 Å². The second-order valence-corrected chi connectivity index (χ2v) is 6.17. The predicted octanol–water partition coefficient (Wildman–Crippen LogP) is 0.587. The van der Waals surface area contributed by atoms with E-state index in [9.17, 15) is 9.59 Å². The Labute approximate surface area is 154 Å². The van der Waals surface area contributed by atoms with Crippen molar-refractivity contribution < 1.29 is 14.0 Å². The van der Waals surface area contributed by atoms with Crippen LogP contribution in [0, 0.1) is 6.20 Å². The number of hydrogen-bond acceptors (Lipinski definition) is 7. The maximum atomic E-state index is 12.6. The van der Waals surface area contributed by atoms with Crippen LogP contribution >= 0.6 is 0 Å². The number of carbonyl (C=O) groups is 2. The fraction of sp³-hybridized carbons (Fsp3) is 0.235. The highest BCUT2D eigenvalue weighted by molar-refractivity contribution is 6.06. The van der Waals surface area contributed by atoms with E-state index in [-0.39, 0.29) is 30.0 Å². The molecule has 10 heteroatoms. The number of anilines is 2. The van der Waals surface area contributed by atoms with E-state index in [1.165, 1.54) is 15.8 Å². The molecule has 10 nitrogen and oxygen atoms in total. The van der Waals surface area contributed by atoms with Crippen LogP contribution in [0.1, 0.15) is 16.9 Å². The van der Waals surface area contributed by atoms with Crippen LogP contribution in [0.25, 0.3) is 11.5 Å². The Kier molecular flexibility index (Phi) is 4.16. The summed E-state index contributed by atoms with van der Waals surface area (Å²) in [6, 6.07) is 3.05. The number of nitrogens with one attached hydrogen (secondary N) is 1. The highest BCUT2D eigenvalue weighted by Crippen LogP contribution is 2.28. The number of amides is 2. The highest BCUT2D eigenvalue weighted by Gasteiger charge is 2.32. The molecule has 0 spiro atoms. The van der Waals surface area contributed by atoms with Crippen molar-refractivity contribution in [3.05, 3.63) is 42.7 Å². The van der Waals surface area contributed by atoms with Crippen molar-refractivity contribution in [1.82, 2.24) is 19.7 Å². The zero-order valence-electron chi connectivity index (χ0n) is 14.4. The molecule has 0 bridgehead atoms. The maximum Gasteiger partial charge on any atom is 0.277 e. The Balaban J connectivity index is 1.56. The average molecular weight is 366 g/mol. The highest BCUT2D eigenvalue weighted by atomic mass is 16.3. The van der Waals surface area contributed by atoms with Crippen molar-refractivity contribution in [3.63, 3.8) is 0 Å². The molecule has 1 atom stereocenters. The number of aryl methyl sites for hydroxylation is 1. The Morgan fingerprint density at radius 3 is 3.04 bits per heavy atom. The number of pyridine rings is 1. The quantitative estimate of drug-likeness (QED) is 0.690. The molecule has 3 N–H and O–H groups in total. The summed E-state index contributed by atoms with van der Waals surface area (Å²) in [4.78, 5) is 34.1. The average Bonchev–Trinajstić information content (AvgIpc) is 3.34. The van der Waals surface area contributed by atoms with E-state index in [1.807, 2.05) is 0 Å². The molecule has 4 heterocycles. The third-order valence-corrected chi connectivity index (χ3v) is 4.08. The monoisotopic (exact) mass is 366 g/mol. The number of rotatable bonds is 4. The van der Waals surface area contributed by atoms with Crippen molar-refractivity contribution in [3.8, 4) is 11.5 Å². The smallest absolute Gasteiger partial charge is 0.277 e. The first kappa shape index (κ1) is 16.9. The molecule has 0 aliphatic carbocycles. The van der Waals surface area contributed by atoms with E-state index >= 15 is 0 Å². The van der Waals surface area contributed by atoms with Gasteiger partial charge < -0.3 is 15.5 Å². The summed E-state index contributed by atoms with van der Waals surface area (Å²) in [6.07, 6.45) is 7.36. The van der Waals surface area contributed by atoms with Gasteiger partial charge in [-0.3, -0.25) is 24.2 Å². The number of carbonyl (C=O) groups excluding carboxylic acids is 2. The molecule has 27 heavy (non-hydrogen) atoms. The van der Waals surface area contributed by atoms with E-state index in [0.29, 0.717) is 23.6 Å². The first-order valence-corrected chi connectivity index (χ1v) is 8.20. The summed E-state index contributed by atoms with van der Waals surface area (Å²) in [6.45, 7) is 0.353. The van der Waals surface area contributed by atoms with Crippen molar-refractivity contribution in [2.75, 3.05) is 16.8 Å². The lowest BCUT2D eigenvalue weighted by molar-refractivity contribution is -0.117. The molecule has 3 aromatic rings. The standard InChI is InChI=1S/C17H16N7O3/c1-23-8-12(15(22-23)24-7-11(18)6-14(24)25)20-16(26)13-9-27-17(21-13)10-2-4-19-5-3-10/h2-4,8-9,11H,6-7,18H2,1H3,(H,20,26)/t11-/m0/s1. The molecule has 1 saturated heterocycles. The molecule has 0 aromatic carbocycles. The summed E-state index contributed by atoms with van der Waals surface area (Å²) in [5.74, 6) is 0.0322. The summed E-state index contributed by atoms with van der Waals surface area (Å²) >= 11 is 0. The van der Waals surface area contributed by atoms with Gasteiger partial charge in [0.05, 0.1) is 12.4 Å². The van der Waals surface area contributed by atoms with Gasteiger partial charge in [0, 0.05) is 37.8 Å². The Bertz CT molecular complexity index is 995. The topological polar surface area (TPSA) is 132 Å². The fourth-order valence-electron chi connectivity index (χ4n) is 2.85. The van der Waals surface area contributed by atoms with Crippen molar-refractivity contribution in [2.24, 2.45) is 12.8 Å². The summed E-state index contributed by atoms with van der Waals surface area (Å²) < 4.78 is 6.87. The first-order valence-electron chi connectivity index (χ1n) is 8.20. The maximum absolute atomic E-state index is 12.6. The number of nitrogens with two attached hydrogens (primary N) is 1. The second-order valence-electron chi connectivity index (χ2n) is 6.17. The van der Waals surface area contributed by atoms with Gasteiger partial charge in [0.1, 0.15) is 12.0 Å². The largest absolute Gasteiger partial charge is 0.444 e. The number of hydrogen-bond donors (Lipinski definition) is 2. The van der Waals surface area contributed by atoms with Crippen LogP contribution in [0.5, 0.6) is 0 Å². The predicted molar refractivity (Wildman–Crippen MR) is 94.7 cm³/mol. The van der Waals surface area contributed by atoms with Gasteiger partial charge in [-0.05, 0) is 12.1 Å². The fourth-order valence-corrected chi connectivity index (χ4v) is 2.85. The lowest BCUT2D eigenvalue weighted by Gasteiger charge is -2.14. The van der Waals surface area contributed by atoms with E-state index in [2.05, 4.69) is 26.6 Å². The van der Waals surface area contributed by atoms with Crippen LogP contribution < -0.4 is 16.0 Å². The molecule has 4 rings (SSSR count).